The van der Waals surface area contributed by atoms with Gasteiger partial charge in [0.05, 0.1) is 6.04 Å². The summed E-state index contributed by atoms with van der Waals surface area (Å²) in [5.74, 6) is -1.12. The van der Waals surface area contributed by atoms with Crippen molar-refractivity contribution in [3.05, 3.63) is 71.3 Å². The van der Waals surface area contributed by atoms with Crippen LogP contribution >= 0.6 is 0 Å². The molecule has 0 heterocycles. The van der Waals surface area contributed by atoms with Gasteiger partial charge in [0.25, 0.3) is 0 Å². The number of rotatable bonds is 6. The minimum Gasteiger partial charge on any atom is -0.329 e. The fraction of sp³-hybridized carbons (Fsp3) is 0.294. The van der Waals surface area contributed by atoms with Crippen LogP contribution in [0, 0.1) is 11.6 Å². The first kappa shape index (κ1) is 15.6. The Bertz CT molecular complexity index is 572. The number of nitrogens with two attached hydrogens (primary N) is 1. The van der Waals surface area contributed by atoms with Gasteiger partial charge in [-0.3, -0.25) is 4.90 Å². The van der Waals surface area contributed by atoms with Crippen molar-refractivity contribution in [3.63, 3.8) is 0 Å². The topological polar surface area (TPSA) is 29.3 Å². The minimum atomic E-state index is -0.571. The second-order valence-electron chi connectivity index (χ2n) is 4.97. The number of hydrogen-bond donors (Lipinski definition) is 1. The molecule has 0 saturated carbocycles. The molecule has 0 amide bonds. The third-order valence-electron chi connectivity index (χ3n) is 3.62. The summed E-state index contributed by atoms with van der Waals surface area (Å²) in [6.07, 6.45) is 0. The first-order valence-electron chi connectivity index (χ1n) is 7.08. The molecule has 2 aromatic rings. The Morgan fingerprint density at radius 1 is 1.10 bits per heavy atom. The summed E-state index contributed by atoms with van der Waals surface area (Å²) >= 11 is 0. The maximum absolute atomic E-state index is 14.0. The largest absolute Gasteiger partial charge is 0.329 e. The van der Waals surface area contributed by atoms with Crippen LogP contribution in [0.2, 0.25) is 0 Å². The Hall–Kier alpha value is -1.78. The molecule has 2 N–H and O–H groups in total. The van der Waals surface area contributed by atoms with Crippen LogP contribution < -0.4 is 5.73 Å². The fourth-order valence-electron chi connectivity index (χ4n) is 2.50. The smallest absolute Gasteiger partial charge is 0.130 e. The van der Waals surface area contributed by atoms with Crippen LogP contribution in [0.25, 0.3) is 0 Å². The van der Waals surface area contributed by atoms with Crippen LogP contribution in [0.15, 0.2) is 48.5 Å². The van der Waals surface area contributed by atoms with Crippen LogP contribution in [0.1, 0.15) is 24.1 Å². The second kappa shape index (κ2) is 7.29. The summed E-state index contributed by atoms with van der Waals surface area (Å²) in [4.78, 5) is 2.09. The first-order valence-corrected chi connectivity index (χ1v) is 7.08. The molecule has 0 bridgehead atoms. The van der Waals surface area contributed by atoms with E-state index in [1.165, 1.54) is 12.1 Å². The Morgan fingerprint density at radius 2 is 1.81 bits per heavy atom. The Kier molecular flexibility index (Phi) is 5.42. The van der Waals surface area contributed by atoms with Crippen LogP contribution in [-0.4, -0.2) is 18.0 Å². The molecular formula is C17H20F2N2. The lowest BCUT2D eigenvalue weighted by atomic mass is 10.0. The van der Waals surface area contributed by atoms with Crippen molar-refractivity contribution < 1.29 is 8.78 Å². The van der Waals surface area contributed by atoms with E-state index in [-0.39, 0.29) is 12.6 Å². The molecule has 2 aromatic carbocycles. The molecule has 0 saturated heterocycles. The van der Waals surface area contributed by atoms with Crippen LogP contribution in [0.5, 0.6) is 0 Å². The van der Waals surface area contributed by atoms with E-state index in [2.05, 4.69) is 4.90 Å². The summed E-state index contributed by atoms with van der Waals surface area (Å²) < 4.78 is 27.1. The van der Waals surface area contributed by atoms with E-state index in [1.54, 1.807) is 0 Å². The third kappa shape index (κ3) is 3.86. The molecule has 1 atom stereocenters. The predicted octanol–water partition coefficient (Wildman–Crippen LogP) is 3.49. The van der Waals surface area contributed by atoms with Gasteiger partial charge in [-0.15, -0.1) is 0 Å². The van der Waals surface area contributed by atoms with Crippen LogP contribution in [0.4, 0.5) is 8.78 Å². The highest BCUT2D eigenvalue weighted by Gasteiger charge is 2.21. The van der Waals surface area contributed by atoms with E-state index in [0.29, 0.717) is 12.1 Å². The molecule has 0 aliphatic heterocycles. The molecule has 0 radical (unpaired) electrons. The summed E-state index contributed by atoms with van der Waals surface area (Å²) in [7, 11) is 0. The van der Waals surface area contributed by atoms with E-state index in [1.807, 2.05) is 37.3 Å². The van der Waals surface area contributed by atoms with Gasteiger partial charge in [0.1, 0.15) is 11.6 Å². The van der Waals surface area contributed by atoms with Gasteiger partial charge in [0.15, 0.2) is 0 Å². The molecule has 0 aromatic heterocycles. The highest BCUT2D eigenvalue weighted by Crippen LogP contribution is 2.24. The number of likely N-dealkylation sites (N-methyl/N-ethyl adjacent to an activating group) is 1. The van der Waals surface area contributed by atoms with Crippen molar-refractivity contribution >= 4 is 0 Å². The average molecular weight is 290 g/mol. The van der Waals surface area contributed by atoms with Crippen molar-refractivity contribution in [1.82, 2.24) is 4.90 Å². The highest BCUT2D eigenvalue weighted by molar-refractivity contribution is 5.23. The SMILES string of the molecule is CCN(Cc1ccccc1)C(CN)c1ccc(F)cc1F. The number of halogens is 2. The summed E-state index contributed by atoms with van der Waals surface area (Å²) in [6.45, 7) is 3.69. The minimum absolute atomic E-state index is 0.268. The van der Waals surface area contributed by atoms with E-state index in [0.717, 1.165) is 18.2 Å². The average Bonchev–Trinajstić information content (AvgIpc) is 2.49. The Balaban J connectivity index is 2.25. The molecule has 21 heavy (non-hydrogen) atoms. The van der Waals surface area contributed by atoms with Gasteiger partial charge in [0, 0.05) is 24.7 Å². The third-order valence-corrected chi connectivity index (χ3v) is 3.62. The maximum atomic E-state index is 14.0. The van der Waals surface area contributed by atoms with Crippen molar-refractivity contribution in [1.29, 1.82) is 0 Å². The molecule has 0 fully saturated rings. The van der Waals surface area contributed by atoms with E-state index in [4.69, 9.17) is 5.73 Å². The van der Waals surface area contributed by atoms with Crippen molar-refractivity contribution in [2.75, 3.05) is 13.1 Å². The molecular weight excluding hydrogens is 270 g/mol. The van der Waals surface area contributed by atoms with Gasteiger partial charge in [-0.25, -0.2) is 8.78 Å². The van der Waals surface area contributed by atoms with Gasteiger partial charge in [0.2, 0.25) is 0 Å². The lowest BCUT2D eigenvalue weighted by molar-refractivity contribution is 0.199. The number of benzene rings is 2. The fourth-order valence-corrected chi connectivity index (χ4v) is 2.50. The second-order valence-corrected chi connectivity index (χ2v) is 4.97. The highest BCUT2D eigenvalue weighted by atomic mass is 19.1. The van der Waals surface area contributed by atoms with Gasteiger partial charge in [-0.1, -0.05) is 43.3 Å². The maximum Gasteiger partial charge on any atom is 0.130 e. The van der Waals surface area contributed by atoms with Crippen molar-refractivity contribution in [2.45, 2.75) is 19.5 Å². The number of nitrogens with zero attached hydrogens (tertiary/aromatic N) is 1. The van der Waals surface area contributed by atoms with E-state index in [9.17, 15) is 8.78 Å². The lowest BCUT2D eigenvalue weighted by Crippen LogP contribution is -2.33. The van der Waals surface area contributed by atoms with Crippen molar-refractivity contribution in [3.8, 4) is 0 Å². The van der Waals surface area contributed by atoms with Crippen LogP contribution in [-0.2, 0) is 6.54 Å². The normalized spacial score (nSPS) is 12.6. The van der Waals surface area contributed by atoms with Gasteiger partial charge in [-0.05, 0) is 18.2 Å². The molecule has 4 heteroatoms. The van der Waals surface area contributed by atoms with Gasteiger partial charge in [-0.2, -0.15) is 0 Å². The quantitative estimate of drug-likeness (QED) is 0.882. The molecule has 0 aliphatic rings. The van der Waals surface area contributed by atoms with Crippen LogP contribution in [0.3, 0.4) is 0 Å². The molecule has 0 aliphatic carbocycles. The summed E-state index contributed by atoms with van der Waals surface area (Å²) in [6, 6.07) is 13.4. The lowest BCUT2D eigenvalue weighted by Gasteiger charge is -2.30. The van der Waals surface area contributed by atoms with Gasteiger partial charge >= 0.3 is 0 Å². The Labute approximate surface area is 124 Å². The molecule has 2 nitrogen and oxygen atoms in total. The molecule has 0 spiro atoms. The standard InChI is InChI=1S/C17H20F2N2/c1-2-21(12-13-6-4-3-5-7-13)17(11-20)15-9-8-14(18)10-16(15)19/h3-10,17H,2,11-12,20H2,1H3. The zero-order chi connectivity index (χ0) is 15.2. The molecule has 2 rings (SSSR count). The van der Waals surface area contributed by atoms with Crippen molar-refractivity contribution in [2.24, 2.45) is 5.73 Å². The number of hydrogen-bond acceptors (Lipinski definition) is 2. The van der Waals surface area contributed by atoms with E-state index < -0.39 is 11.6 Å². The zero-order valence-electron chi connectivity index (χ0n) is 12.1. The van der Waals surface area contributed by atoms with Gasteiger partial charge < -0.3 is 5.73 Å². The predicted molar refractivity (Wildman–Crippen MR) is 80.7 cm³/mol. The monoisotopic (exact) mass is 290 g/mol. The summed E-state index contributed by atoms with van der Waals surface area (Å²) in [5.41, 5.74) is 7.42. The summed E-state index contributed by atoms with van der Waals surface area (Å²) in [5, 5.41) is 0. The first-order chi connectivity index (χ1) is 10.2. The van der Waals surface area contributed by atoms with E-state index >= 15 is 0 Å². The molecule has 112 valence electrons. The molecule has 1 unspecified atom stereocenters. The Morgan fingerprint density at radius 3 is 2.38 bits per heavy atom. The zero-order valence-corrected chi connectivity index (χ0v) is 12.1.